The summed E-state index contributed by atoms with van der Waals surface area (Å²) in [5, 5.41) is 4.43. The second-order valence-corrected chi connectivity index (χ2v) is 6.61. The first-order chi connectivity index (χ1) is 10.7. The van der Waals surface area contributed by atoms with Gasteiger partial charge in [-0.25, -0.2) is 4.98 Å². The Labute approximate surface area is 135 Å². The van der Waals surface area contributed by atoms with Crippen LogP contribution in [0.1, 0.15) is 18.3 Å². The van der Waals surface area contributed by atoms with Gasteiger partial charge >= 0.3 is 0 Å². The minimum atomic E-state index is 0.423. The van der Waals surface area contributed by atoms with Gasteiger partial charge in [-0.2, -0.15) is 4.37 Å². The zero-order valence-corrected chi connectivity index (χ0v) is 13.8. The van der Waals surface area contributed by atoms with Crippen LogP contribution >= 0.6 is 11.5 Å². The summed E-state index contributed by atoms with van der Waals surface area (Å²) in [5.74, 6) is 1.35. The zero-order chi connectivity index (χ0) is 15.4. The Kier molecular flexibility index (Phi) is 5.02. The normalized spacial score (nSPS) is 22.1. The highest BCUT2D eigenvalue weighted by Crippen LogP contribution is 2.23. The predicted octanol–water partition coefficient (Wildman–Crippen LogP) is 2.62. The number of methoxy groups -OCH3 is 1. The standard InChI is InChI=1S/C16H22N4OS/c1-12-8-20(9-13-6-4-3-5-7-13)10-14(12)17-16-18-15(11-21-2)19-22-16/h3-7,12,14H,8-11H2,1-2H3,(H,17,18,19). The summed E-state index contributed by atoms with van der Waals surface area (Å²) in [7, 11) is 1.66. The highest BCUT2D eigenvalue weighted by atomic mass is 32.1. The van der Waals surface area contributed by atoms with Crippen LogP contribution in [0.25, 0.3) is 0 Å². The number of likely N-dealkylation sites (tertiary alicyclic amines) is 1. The molecule has 0 radical (unpaired) electrons. The highest BCUT2D eigenvalue weighted by Gasteiger charge is 2.30. The molecule has 2 heterocycles. The van der Waals surface area contributed by atoms with Gasteiger partial charge in [-0.05, 0) is 11.5 Å². The van der Waals surface area contributed by atoms with Crippen molar-refractivity contribution in [3.63, 3.8) is 0 Å². The van der Waals surface area contributed by atoms with E-state index in [2.05, 4.69) is 56.8 Å². The van der Waals surface area contributed by atoms with E-state index in [9.17, 15) is 0 Å². The molecule has 0 aliphatic carbocycles. The minimum absolute atomic E-state index is 0.423. The van der Waals surface area contributed by atoms with Crippen molar-refractivity contribution in [1.82, 2.24) is 14.3 Å². The van der Waals surface area contributed by atoms with Crippen LogP contribution in [0.3, 0.4) is 0 Å². The first-order valence-electron chi connectivity index (χ1n) is 7.59. The summed E-state index contributed by atoms with van der Waals surface area (Å²) in [6.07, 6.45) is 0. The number of hydrogen-bond donors (Lipinski definition) is 1. The van der Waals surface area contributed by atoms with Crippen LogP contribution in [-0.2, 0) is 17.9 Å². The largest absolute Gasteiger partial charge is 0.377 e. The van der Waals surface area contributed by atoms with Gasteiger partial charge in [0.15, 0.2) is 5.82 Å². The molecule has 22 heavy (non-hydrogen) atoms. The van der Waals surface area contributed by atoms with Crippen LogP contribution in [0, 0.1) is 5.92 Å². The van der Waals surface area contributed by atoms with E-state index >= 15 is 0 Å². The monoisotopic (exact) mass is 318 g/mol. The van der Waals surface area contributed by atoms with Crippen molar-refractivity contribution in [2.75, 3.05) is 25.5 Å². The van der Waals surface area contributed by atoms with Gasteiger partial charge in [0.2, 0.25) is 5.13 Å². The van der Waals surface area contributed by atoms with Crippen LogP contribution in [0.4, 0.5) is 5.13 Å². The summed E-state index contributed by atoms with van der Waals surface area (Å²) in [5.41, 5.74) is 1.37. The number of anilines is 1. The van der Waals surface area contributed by atoms with Crippen molar-refractivity contribution in [2.45, 2.75) is 26.1 Å². The fourth-order valence-corrected chi connectivity index (χ4v) is 3.52. The summed E-state index contributed by atoms with van der Waals surface area (Å²) >= 11 is 1.41. The quantitative estimate of drug-likeness (QED) is 0.887. The third kappa shape index (κ3) is 3.82. The molecule has 1 aliphatic rings. The van der Waals surface area contributed by atoms with E-state index in [4.69, 9.17) is 4.74 Å². The molecule has 0 spiro atoms. The molecule has 2 unspecified atom stereocenters. The van der Waals surface area contributed by atoms with Gasteiger partial charge in [-0.3, -0.25) is 4.90 Å². The van der Waals surface area contributed by atoms with E-state index in [0.717, 1.165) is 30.6 Å². The second kappa shape index (κ2) is 7.17. The van der Waals surface area contributed by atoms with Crippen LogP contribution in [0.2, 0.25) is 0 Å². The van der Waals surface area contributed by atoms with Gasteiger partial charge in [0.1, 0.15) is 6.61 Å². The van der Waals surface area contributed by atoms with Crippen LogP contribution in [0.15, 0.2) is 30.3 Å². The van der Waals surface area contributed by atoms with Crippen molar-refractivity contribution in [3.8, 4) is 0 Å². The number of rotatable bonds is 6. The Morgan fingerprint density at radius 3 is 2.91 bits per heavy atom. The lowest BCUT2D eigenvalue weighted by Crippen LogP contribution is -2.27. The van der Waals surface area contributed by atoms with E-state index in [1.165, 1.54) is 17.1 Å². The summed E-state index contributed by atoms with van der Waals surface area (Å²) in [6, 6.07) is 11.1. The van der Waals surface area contributed by atoms with E-state index in [1.807, 2.05) is 0 Å². The Balaban J connectivity index is 1.56. The zero-order valence-electron chi connectivity index (χ0n) is 13.0. The molecule has 1 aliphatic heterocycles. The fourth-order valence-electron chi connectivity index (χ4n) is 2.88. The Bertz CT molecular complexity index is 589. The van der Waals surface area contributed by atoms with Crippen molar-refractivity contribution in [1.29, 1.82) is 0 Å². The fraction of sp³-hybridized carbons (Fsp3) is 0.500. The molecule has 0 saturated carbocycles. The van der Waals surface area contributed by atoms with Gasteiger partial charge in [0.25, 0.3) is 0 Å². The van der Waals surface area contributed by atoms with Crippen LogP contribution in [-0.4, -0.2) is 40.5 Å². The smallest absolute Gasteiger partial charge is 0.202 e. The topological polar surface area (TPSA) is 50.3 Å². The number of aromatic nitrogens is 2. The van der Waals surface area contributed by atoms with Gasteiger partial charge in [-0.15, -0.1) is 0 Å². The Morgan fingerprint density at radius 1 is 1.32 bits per heavy atom. The highest BCUT2D eigenvalue weighted by molar-refractivity contribution is 7.09. The van der Waals surface area contributed by atoms with Crippen molar-refractivity contribution >= 4 is 16.7 Å². The molecule has 1 aromatic heterocycles. The molecular weight excluding hydrogens is 296 g/mol. The molecular formula is C16H22N4OS. The molecule has 118 valence electrons. The summed E-state index contributed by atoms with van der Waals surface area (Å²) < 4.78 is 9.35. The predicted molar refractivity (Wildman–Crippen MR) is 88.9 cm³/mol. The van der Waals surface area contributed by atoms with Gasteiger partial charge in [0.05, 0.1) is 0 Å². The Hall–Kier alpha value is -1.50. The molecule has 2 atom stereocenters. The molecule has 2 aromatic rings. The van der Waals surface area contributed by atoms with Gasteiger partial charge < -0.3 is 10.1 Å². The molecule has 1 saturated heterocycles. The third-order valence-electron chi connectivity index (χ3n) is 3.99. The van der Waals surface area contributed by atoms with Crippen molar-refractivity contribution < 1.29 is 4.74 Å². The third-order valence-corrected chi connectivity index (χ3v) is 4.67. The first-order valence-corrected chi connectivity index (χ1v) is 8.36. The van der Waals surface area contributed by atoms with Crippen molar-refractivity contribution in [3.05, 3.63) is 41.7 Å². The molecule has 1 fully saturated rings. The molecule has 0 bridgehead atoms. The number of benzene rings is 1. The minimum Gasteiger partial charge on any atom is -0.377 e. The molecule has 6 heteroatoms. The maximum atomic E-state index is 5.06. The first kappa shape index (κ1) is 15.4. The Morgan fingerprint density at radius 2 is 2.14 bits per heavy atom. The van der Waals surface area contributed by atoms with E-state index in [-0.39, 0.29) is 0 Å². The molecule has 5 nitrogen and oxygen atoms in total. The van der Waals surface area contributed by atoms with Crippen LogP contribution < -0.4 is 5.32 Å². The molecule has 0 amide bonds. The van der Waals surface area contributed by atoms with Crippen molar-refractivity contribution in [2.24, 2.45) is 5.92 Å². The van der Waals surface area contributed by atoms with Gasteiger partial charge in [-0.1, -0.05) is 37.3 Å². The lowest BCUT2D eigenvalue weighted by atomic mass is 10.1. The molecule has 3 rings (SSSR count). The summed E-state index contributed by atoms with van der Waals surface area (Å²) in [6.45, 7) is 5.91. The average molecular weight is 318 g/mol. The number of hydrogen-bond acceptors (Lipinski definition) is 6. The van der Waals surface area contributed by atoms with Crippen LogP contribution in [0.5, 0.6) is 0 Å². The number of ether oxygens (including phenoxy) is 1. The SMILES string of the molecule is COCc1nsc(NC2CN(Cc3ccccc3)CC2C)n1. The molecule has 1 N–H and O–H groups in total. The maximum absolute atomic E-state index is 5.06. The number of nitrogens with one attached hydrogen (secondary N) is 1. The number of nitrogens with zero attached hydrogens (tertiary/aromatic N) is 3. The van der Waals surface area contributed by atoms with E-state index in [1.54, 1.807) is 7.11 Å². The lowest BCUT2D eigenvalue weighted by Gasteiger charge is -2.16. The van der Waals surface area contributed by atoms with E-state index < -0.39 is 0 Å². The second-order valence-electron chi connectivity index (χ2n) is 5.86. The van der Waals surface area contributed by atoms with Gasteiger partial charge in [0, 0.05) is 44.3 Å². The summed E-state index contributed by atoms with van der Waals surface area (Å²) in [4.78, 5) is 6.95. The average Bonchev–Trinajstić information content (AvgIpc) is 3.08. The lowest BCUT2D eigenvalue weighted by molar-refractivity contribution is 0.179. The molecule has 1 aromatic carbocycles. The van der Waals surface area contributed by atoms with E-state index in [0.29, 0.717) is 18.6 Å². The maximum Gasteiger partial charge on any atom is 0.202 e.